The number of hydrogen-bond donors (Lipinski definition) is 2. The predicted molar refractivity (Wildman–Crippen MR) is 176 cm³/mol. The van der Waals surface area contributed by atoms with Gasteiger partial charge in [0, 0.05) is 43.6 Å². The van der Waals surface area contributed by atoms with Gasteiger partial charge in [0.1, 0.15) is 23.1 Å². The van der Waals surface area contributed by atoms with Crippen LogP contribution in [0.15, 0.2) is 77.8 Å². The molecule has 0 bridgehead atoms. The molecule has 0 unspecified atom stereocenters. The number of halogens is 2. The third-order valence-corrected chi connectivity index (χ3v) is 7.61. The van der Waals surface area contributed by atoms with Crippen molar-refractivity contribution in [3.63, 3.8) is 0 Å². The van der Waals surface area contributed by atoms with Crippen molar-refractivity contribution < 1.29 is 18.3 Å². The number of aromatic nitrogens is 2. The van der Waals surface area contributed by atoms with Crippen LogP contribution >= 0.6 is 12.2 Å². The molecule has 1 aliphatic heterocycles. The monoisotopic (exact) mass is 631 g/mol. The van der Waals surface area contributed by atoms with Crippen molar-refractivity contribution in [2.45, 2.75) is 19.9 Å². The van der Waals surface area contributed by atoms with Crippen molar-refractivity contribution in [1.29, 1.82) is 0 Å². The Balaban J connectivity index is 1.41. The molecule has 45 heavy (non-hydrogen) atoms. The first kappa shape index (κ1) is 31.7. The molecule has 1 fully saturated rings. The Morgan fingerprint density at radius 1 is 0.800 bits per heavy atom. The zero-order valence-corrected chi connectivity index (χ0v) is 26.4. The first-order valence-corrected chi connectivity index (χ1v) is 14.8. The highest BCUT2D eigenvalue weighted by atomic mass is 32.1. The number of guanidine groups is 1. The largest absolute Gasteiger partial charge is 0.497 e. The predicted octanol–water partition coefficient (Wildman–Crippen LogP) is 5.96. The number of piperazine rings is 1. The quantitative estimate of drug-likeness (QED) is 0.146. The van der Waals surface area contributed by atoms with Crippen LogP contribution in [0.3, 0.4) is 0 Å². The van der Waals surface area contributed by atoms with E-state index in [0.717, 1.165) is 22.5 Å². The molecule has 0 atom stereocenters. The van der Waals surface area contributed by atoms with Crippen LogP contribution in [0.1, 0.15) is 28.6 Å². The number of nitrogens with zero attached hydrogens (tertiary/aromatic N) is 5. The molecule has 12 heteroatoms. The first-order chi connectivity index (χ1) is 21.7. The van der Waals surface area contributed by atoms with E-state index in [0.29, 0.717) is 55.3 Å². The summed E-state index contributed by atoms with van der Waals surface area (Å²) in [7, 11) is 3.17. The second kappa shape index (κ2) is 14.4. The molecule has 9 nitrogen and oxygen atoms in total. The van der Waals surface area contributed by atoms with Crippen molar-refractivity contribution in [3.05, 3.63) is 107 Å². The minimum Gasteiger partial charge on any atom is -0.497 e. The van der Waals surface area contributed by atoms with Crippen molar-refractivity contribution in [1.82, 2.24) is 19.8 Å². The Kier molecular flexibility index (Phi) is 10.2. The second-order valence-corrected chi connectivity index (χ2v) is 10.9. The number of aliphatic imine (C=N–C) groups is 1. The Bertz CT molecular complexity index is 1600. The molecule has 1 aromatic heterocycles. The molecule has 2 N–H and O–H groups in total. The third kappa shape index (κ3) is 8.08. The third-order valence-electron chi connectivity index (χ3n) is 7.41. The summed E-state index contributed by atoms with van der Waals surface area (Å²) in [6.07, 6.45) is 0. The summed E-state index contributed by atoms with van der Waals surface area (Å²) in [5, 5.41) is 6.64. The van der Waals surface area contributed by atoms with Gasteiger partial charge in [-0.1, -0.05) is 24.3 Å². The lowest BCUT2D eigenvalue weighted by Crippen LogP contribution is -2.52. The molecule has 0 amide bonds. The lowest BCUT2D eigenvalue weighted by molar-refractivity contribution is 0.150. The van der Waals surface area contributed by atoms with Crippen LogP contribution in [0.4, 0.5) is 20.4 Å². The maximum Gasteiger partial charge on any atom is 0.229 e. The van der Waals surface area contributed by atoms with E-state index in [1.807, 2.05) is 19.9 Å². The first-order valence-electron chi connectivity index (χ1n) is 14.4. The molecule has 4 aromatic rings. The van der Waals surface area contributed by atoms with Gasteiger partial charge in [-0.25, -0.2) is 18.7 Å². The fraction of sp³-hybridized carbons (Fsp3) is 0.273. The van der Waals surface area contributed by atoms with Gasteiger partial charge in [0.25, 0.3) is 0 Å². The van der Waals surface area contributed by atoms with Gasteiger partial charge in [-0.3, -0.25) is 10.2 Å². The second-order valence-electron chi connectivity index (χ2n) is 10.6. The van der Waals surface area contributed by atoms with Crippen LogP contribution < -0.4 is 20.1 Å². The van der Waals surface area contributed by atoms with Gasteiger partial charge in [0.15, 0.2) is 0 Å². The topological polar surface area (TPSA) is 87.1 Å². The van der Waals surface area contributed by atoms with Crippen LogP contribution in [0.5, 0.6) is 11.5 Å². The maximum atomic E-state index is 13.8. The number of nitrogens with one attached hydrogen (secondary N) is 2. The van der Waals surface area contributed by atoms with E-state index in [1.54, 1.807) is 56.7 Å². The van der Waals surface area contributed by atoms with Crippen molar-refractivity contribution in [3.8, 4) is 11.5 Å². The molecule has 0 spiro atoms. The number of rotatable bonds is 7. The van der Waals surface area contributed by atoms with Gasteiger partial charge in [0.2, 0.25) is 17.0 Å². The number of benzene rings is 3. The zero-order chi connectivity index (χ0) is 31.9. The molecule has 2 heterocycles. The average molecular weight is 632 g/mol. The smallest absolute Gasteiger partial charge is 0.229 e. The van der Waals surface area contributed by atoms with Gasteiger partial charge in [-0.05, 0) is 79.7 Å². The molecule has 5 rings (SSSR count). The molecular formula is C33H35F2N7O2S. The lowest BCUT2D eigenvalue weighted by atomic mass is 9.96. The van der Waals surface area contributed by atoms with E-state index in [4.69, 9.17) is 26.7 Å². The van der Waals surface area contributed by atoms with E-state index in [1.165, 1.54) is 24.3 Å². The van der Waals surface area contributed by atoms with E-state index in [9.17, 15) is 8.78 Å². The Morgan fingerprint density at radius 3 is 1.91 bits per heavy atom. The maximum absolute atomic E-state index is 13.8. The standard InChI is InChI=1S/C33H35F2N7O2S/c1-21-19-22(2)37-31(36-21)39-32(40-33(45)38-28-20-27(43-3)13-14-29(28)44-4)42-17-15-41(16-18-42)30(23-5-9-25(34)10-6-23)24-7-11-26(35)12-8-24/h5-14,19-20,30H,15-18H2,1-4H3,(H2,36,37,38,39,40,45). The molecule has 1 aliphatic rings. The number of hydrogen-bond acceptors (Lipinski definition) is 6. The number of thiocarbonyl (C=S) groups is 1. The Morgan fingerprint density at radius 2 is 1.38 bits per heavy atom. The minimum absolute atomic E-state index is 0.187. The van der Waals surface area contributed by atoms with E-state index in [2.05, 4.69) is 30.4 Å². The van der Waals surface area contributed by atoms with Gasteiger partial charge >= 0.3 is 0 Å². The summed E-state index contributed by atoms with van der Waals surface area (Å²) in [5.41, 5.74) is 4.09. The summed E-state index contributed by atoms with van der Waals surface area (Å²) in [5.74, 6) is 1.50. The average Bonchev–Trinajstić information content (AvgIpc) is 3.02. The summed E-state index contributed by atoms with van der Waals surface area (Å²) < 4.78 is 38.5. The molecule has 0 radical (unpaired) electrons. The highest BCUT2D eigenvalue weighted by Gasteiger charge is 2.28. The van der Waals surface area contributed by atoms with E-state index >= 15 is 0 Å². The number of aryl methyl sites for hydroxylation is 2. The van der Waals surface area contributed by atoms with Crippen molar-refractivity contribution in [2.75, 3.05) is 51.0 Å². The molecule has 0 saturated carbocycles. The Labute approximate surface area is 266 Å². The van der Waals surface area contributed by atoms with Gasteiger partial charge in [-0.15, -0.1) is 0 Å². The van der Waals surface area contributed by atoms with Crippen LogP contribution in [0.2, 0.25) is 0 Å². The highest BCUT2D eigenvalue weighted by molar-refractivity contribution is 7.80. The van der Waals surface area contributed by atoms with Crippen LogP contribution in [0, 0.1) is 25.5 Å². The highest BCUT2D eigenvalue weighted by Crippen LogP contribution is 2.31. The summed E-state index contributed by atoms with van der Waals surface area (Å²) >= 11 is 5.68. The van der Waals surface area contributed by atoms with Crippen LogP contribution in [-0.4, -0.2) is 71.2 Å². The fourth-order valence-corrected chi connectivity index (χ4v) is 5.50. The van der Waals surface area contributed by atoms with Crippen molar-refractivity contribution >= 4 is 34.9 Å². The van der Waals surface area contributed by atoms with Gasteiger partial charge in [0.05, 0.1) is 25.9 Å². The zero-order valence-electron chi connectivity index (χ0n) is 25.6. The van der Waals surface area contributed by atoms with Crippen LogP contribution in [-0.2, 0) is 0 Å². The minimum atomic E-state index is -0.307. The Hall–Kier alpha value is -4.68. The normalized spacial score (nSPS) is 13.9. The summed E-state index contributed by atoms with van der Waals surface area (Å²) in [4.78, 5) is 18.2. The number of methoxy groups -OCH3 is 2. The van der Waals surface area contributed by atoms with Gasteiger partial charge < -0.3 is 19.7 Å². The van der Waals surface area contributed by atoms with Gasteiger partial charge in [-0.2, -0.15) is 4.99 Å². The molecule has 0 aliphatic carbocycles. The molecule has 3 aromatic carbocycles. The number of anilines is 2. The van der Waals surface area contributed by atoms with Crippen molar-refractivity contribution in [2.24, 2.45) is 4.99 Å². The fourth-order valence-electron chi connectivity index (χ4n) is 5.31. The van der Waals surface area contributed by atoms with E-state index < -0.39 is 0 Å². The molecule has 1 saturated heterocycles. The van der Waals surface area contributed by atoms with E-state index in [-0.39, 0.29) is 22.8 Å². The molecular weight excluding hydrogens is 596 g/mol. The van der Waals surface area contributed by atoms with Crippen LogP contribution in [0.25, 0.3) is 0 Å². The lowest BCUT2D eigenvalue weighted by Gasteiger charge is -2.40. The summed E-state index contributed by atoms with van der Waals surface area (Å²) in [6.45, 7) is 6.25. The molecule has 234 valence electrons. The SMILES string of the molecule is COc1ccc(OC)c(NC(=S)/N=C(/Nc2nc(C)cc(C)n2)N2CCN(C(c3ccc(F)cc3)c3ccc(F)cc3)CC2)c1. The number of ether oxygens (including phenoxy) is 2. The summed E-state index contributed by atoms with van der Waals surface area (Å²) in [6, 6.07) is 20.0.